The van der Waals surface area contributed by atoms with Crippen LogP contribution in [-0.2, 0) is 11.3 Å². The molecule has 0 aromatic carbocycles. The van der Waals surface area contributed by atoms with Gasteiger partial charge in [0.2, 0.25) is 5.88 Å². The average molecular weight is 239 g/mol. The fraction of sp³-hybridized carbons (Fsp3) is 0.300. The molecule has 3 N–H and O–H groups in total. The lowest BCUT2D eigenvalue weighted by atomic mass is 10.3. The van der Waals surface area contributed by atoms with Gasteiger partial charge in [-0.05, 0) is 5.56 Å². The third-order valence-electron chi connectivity index (χ3n) is 1.86. The molecule has 7 nitrogen and oxygen atoms in total. The molecule has 0 radical (unpaired) electrons. The summed E-state index contributed by atoms with van der Waals surface area (Å²) in [5.41, 5.74) is 0.788. The van der Waals surface area contributed by atoms with E-state index in [1.807, 2.05) is 0 Å². The summed E-state index contributed by atoms with van der Waals surface area (Å²) < 4.78 is 4.88. The molecule has 92 valence electrons. The van der Waals surface area contributed by atoms with Gasteiger partial charge in [-0.1, -0.05) is 6.07 Å². The maximum atomic E-state index is 11.1. The quantitative estimate of drug-likeness (QED) is 0.670. The van der Waals surface area contributed by atoms with Crippen molar-refractivity contribution in [2.45, 2.75) is 6.54 Å². The normalized spacial score (nSPS) is 9.47. The number of ether oxygens (including phenoxy) is 1. The molecule has 0 unspecified atom stereocenters. The van der Waals surface area contributed by atoms with Crippen LogP contribution in [0.5, 0.6) is 5.88 Å². The summed E-state index contributed by atoms with van der Waals surface area (Å²) in [5.74, 6) is -0.602. The number of urea groups is 1. The molecule has 0 aliphatic rings. The van der Waals surface area contributed by atoms with Crippen LogP contribution in [0.25, 0.3) is 0 Å². The molecule has 2 amide bonds. The summed E-state index contributed by atoms with van der Waals surface area (Å²) >= 11 is 0. The Morgan fingerprint density at radius 2 is 2.18 bits per heavy atom. The number of carbonyl (C=O) groups excluding carboxylic acids is 1. The molecule has 1 aromatic rings. The lowest BCUT2D eigenvalue weighted by Gasteiger charge is -2.06. The fourth-order valence-electron chi connectivity index (χ4n) is 1.04. The van der Waals surface area contributed by atoms with Gasteiger partial charge in [-0.15, -0.1) is 0 Å². The number of nitrogens with one attached hydrogen (secondary N) is 2. The summed E-state index contributed by atoms with van der Waals surface area (Å²) in [6, 6.07) is 2.89. The first-order chi connectivity index (χ1) is 8.11. The number of hydrogen-bond acceptors (Lipinski definition) is 4. The van der Waals surface area contributed by atoms with Gasteiger partial charge in [0, 0.05) is 18.8 Å². The lowest BCUT2D eigenvalue weighted by molar-refractivity contribution is -0.135. The molecular weight excluding hydrogens is 226 g/mol. The maximum absolute atomic E-state index is 11.1. The van der Waals surface area contributed by atoms with E-state index in [4.69, 9.17) is 9.84 Å². The van der Waals surface area contributed by atoms with Crippen LogP contribution >= 0.6 is 0 Å². The Kier molecular flexibility index (Phi) is 4.74. The lowest BCUT2D eigenvalue weighted by Crippen LogP contribution is -2.38. The summed E-state index contributed by atoms with van der Waals surface area (Å²) in [6.45, 7) is -0.144. The Hall–Kier alpha value is -2.31. The van der Waals surface area contributed by atoms with Crippen LogP contribution in [0.4, 0.5) is 4.79 Å². The molecular formula is C10H13N3O4. The van der Waals surface area contributed by atoms with Gasteiger partial charge in [0.05, 0.1) is 7.11 Å². The van der Waals surface area contributed by atoms with Crippen molar-refractivity contribution in [3.8, 4) is 5.88 Å². The summed E-state index contributed by atoms with van der Waals surface area (Å²) in [4.78, 5) is 25.3. The molecule has 0 bridgehead atoms. The third-order valence-corrected chi connectivity index (χ3v) is 1.86. The van der Waals surface area contributed by atoms with Crippen molar-refractivity contribution in [2.75, 3.05) is 13.7 Å². The van der Waals surface area contributed by atoms with Crippen molar-refractivity contribution in [1.82, 2.24) is 15.6 Å². The number of pyridine rings is 1. The Morgan fingerprint density at radius 3 is 2.71 bits per heavy atom. The Balaban J connectivity index is 2.34. The van der Waals surface area contributed by atoms with Crippen LogP contribution in [0.3, 0.4) is 0 Å². The van der Waals surface area contributed by atoms with Crippen molar-refractivity contribution < 1.29 is 19.4 Å². The van der Waals surface area contributed by atoms with Gasteiger partial charge in [0.1, 0.15) is 6.54 Å². The number of carbonyl (C=O) groups is 2. The van der Waals surface area contributed by atoms with Gasteiger partial charge in [0.25, 0.3) is 0 Å². The van der Waals surface area contributed by atoms with E-state index in [0.717, 1.165) is 5.56 Å². The molecule has 0 saturated heterocycles. The van der Waals surface area contributed by atoms with E-state index < -0.39 is 18.5 Å². The van der Waals surface area contributed by atoms with Crippen LogP contribution in [0.1, 0.15) is 5.56 Å². The van der Waals surface area contributed by atoms with Gasteiger partial charge < -0.3 is 20.5 Å². The standard InChI is InChI=1S/C10H13N3O4/c1-17-8-3-2-7(4-11-8)5-12-10(16)13-6-9(14)15/h2-4H,5-6H2,1H3,(H,14,15)(H2,12,13,16). The number of rotatable bonds is 5. The molecule has 1 rings (SSSR count). The first kappa shape index (κ1) is 12.8. The maximum Gasteiger partial charge on any atom is 0.323 e. The summed E-state index contributed by atoms with van der Waals surface area (Å²) in [5, 5.41) is 13.0. The van der Waals surface area contributed by atoms with Crippen molar-refractivity contribution in [2.24, 2.45) is 0 Å². The van der Waals surface area contributed by atoms with Gasteiger partial charge in [0.15, 0.2) is 0 Å². The number of aromatic nitrogens is 1. The van der Waals surface area contributed by atoms with Crippen LogP contribution in [0, 0.1) is 0 Å². The minimum atomic E-state index is -1.09. The second kappa shape index (κ2) is 6.31. The zero-order valence-electron chi connectivity index (χ0n) is 9.27. The number of amides is 2. The van der Waals surface area contributed by atoms with Crippen LogP contribution in [0.2, 0.25) is 0 Å². The van der Waals surface area contributed by atoms with E-state index in [0.29, 0.717) is 5.88 Å². The summed E-state index contributed by atoms with van der Waals surface area (Å²) in [6.07, 6.45) is 1.57. The Bertz CT molecular complexity index is 391. The fourth-order valence-corrected chi connectivity index (χ4v) is 1.04. The minimum absolute atomic E-state index is 0.266. The predicted molar refractivity (Wildman–Crippen MR) is 58.7 cm³/mol. The smallest absolute Gasteiger partial charge is 0.323 e. The average Bonchev–Trinajstić information content (AvgIpc) is 2.34. The third kappa shape index (κ3) is 4.83. The first-order valence-electron chi connectivity index (χ1n) is 4.84. The number of aliphatic carboxylic acids is 1. The van der Waals surface area contributed by atoms with Gasteiger partial charge in [-0.2, -0.15) is 0 Å². The highest BCUT2D eigenvalue weighted by atomic mass is 16.5. The van der Waals surface area contributed by atoms with Crippen molar-refractivity contribution >= 4 is 12.0 Å². The van der Waals surface area contributed by atoms with Gasteiger partial charge in [-0.3, -0.25) is 4.79 Å². The topological polar surface area (TPSA) is 101 Å². The van der Waals surface area contributed by atoms with Crippen LogP contribution in [0.15, 0.2) is 18.3 Å². The van der Waals surface area contributed by atoms with E-state index >= 15 is 0 Å². The zero-order chi connectivity index (χ0) is 12.7. The van der Waals surface area contributed by atoms with E-state index in [9.17, 15) is 9.59 Å². The molecule has 1 aromatic heterocycles. The second-order valence-electron chi connectivity index (χ2n) is 3.14. The largest absolute Gasteiger partial charge is 0.481 e. The second-order valence-corrected chi connectivity index (χ2v) is 3.14. The molecule has 0 atom stereocenters. The van der Waals surface area contributed by atoms with E-state index in [1.54, 1.807) is 18.3 Å². The first-order valence-corrected chi connectivity index (χ1v) is 4.84. The summed E-state index contributed by atoms with van der Waals surface area (Å²) in [7, 11) is 1.51. The van der Waals surface area contributed by atoms with Crippen molar-refractivity contribution in [1.29, 1.82) is 0 Å². The molecule has 17 heavy (non-hydrogen) atoms. The van der Waals surface area contributed by atoms with Crippen molar-refractivity contribution in [3.63, 3.8) is 0 Å². The van der Waals surface area contributed by atoms with Crippen LogP contribution < -0.4 is 15.4 Å². The van der Waals surface area contributed by atoms with Gasteiger partial charge >= 0.3 is 12.0 Å². The van der Waals surface area contributed by atoms with E-state index in [1.165, 1.54) is 7.11 Å². The van der Waals surface area contributed by atoms with E-state index in [2.05, 4.69) is 15.6 Å². The van der Waals surface area contributed by atoms with Crippen LogP contribution in [-0.4, -0.2) is 35.7 Å². The van der Waals surface area contributed by atoms with Gasteiger partial charge in [-0.25, -0.2) is 9.78 Å². The number of methoxy groups -OCH3 is 1. The highest BCUT2D eigenvalue weighted by Crippen LogP contribution is 2.05. The highest BCUT2D eigenvalue weighted by Gasteiger charge is 2.03. The highest BCUT2D eigenvalue weighted by molar-refractivity contribution is 5.79. The molecule has 0 fully saturated rings. The molecule has 7 heteroatoms. The number of nitrogens with zero attached hydrogens (tertiary/aromatic N) is 1. The minimum Gasteiger partial charge on any atom is -0.481 e. The Labute approximate surface area is 97.8 Å². The number of carboxylic acids is 1. The van der Waals surface area contributed by atoms with E-state index in [-0.39, 0.29) is 6.54 Å². The molecule has 0 aliphatic carbocycles. The SMILES string of the molecule is COc1ccc(CNC(=O)NCC(=O)O)cn1. The monoisotopic (exact) mass is 239 g/mol. The van der Waals surface area contributed by atoms with Crippen molar-refractivity contribution in [3.05, 3.63) is 23.9 Å². The molecule has 1 heterocycles. The molecule has 0 saturated carbocycles. The zero-order valence-corrected chi connectivity index (χ0v) is 9.27. The molecule has 0 spiro atoms. The number of carboxylic acid groups (broad SMARTS) is 1. The molecule has 0 aliphatic heterocycles. The predicted octanol–water partition coefficient (Wildman–Crippen LogP) is -0.0260. The number of hydrogen-bond donors (Lipinski definition) is 3. The Morgan fingerprint density at radius 1 is 1.41 bits per heavy atom.